The summed E-state index contributed by atoms with van der Waals surface area (Å²) in [6.45, 7) is -1.39. The van der Waals surface area contributed by atoms with Crippen molar-refractivity contribution >= 4 is 12.2 Å². The van der Waals surface area contributed by atoms with Crippen molar-refractivity contribution in [2.45, 2.75) is 23.9 Å². The zero-order chi connectivity index (χ0) is 16.0. The second-order valence-corrected chi connectivity index (χ2v) is 4.76. The van der Waals surface area contributed by atoms with Crippen LogP contribution in [0.2, 0.25) is 0 Å². The lowest BCUT2D eigenvalue weighted by molar-refractivity contribution is -0.207. The fourth-order valence-corrected chi connectivity index (χ4v) is 2.19. The molecule has 6 nitrogen and oxygen atoms in total. The highest BCUT2D eigenvalue weighted by Gasteiger charge is 2.66. The highest BCUT2D eigenvalue weighted by atomic mass is 32.1. The van der Waals surface area contributed by atoms with E-state index in [1.807, 2.05) is 4.98 Å². The van der Waals surface area contributed by atoms with Crippen molar-refractivity contribution in [1.82, 2.24) is 9.55 Å². The Kier molecular flexibility index (Phi) is 3.71. The molecule has 0 saturated carbocycles. The fraction of sp³-hybridized carbons (Fsp3) is 0.455. The molecule has 1 aliphatic heterocycles. The Labute approximate surface area is 120 Å². The molecule has 0 aromatic carbocycles. The Bertz CT molecular complexity index is 729. The Hall–Kier alpha value is -1.67. The number of nitrogens with one attached hydrogen (secondary N) is 1. The minimum atomic E-state index is -3.20. The molecule has 2 heterocycles. The van der Waals surface area contributed by atoms with E-state index in [4.69, 9.17) is 23.7 Å². The number of ether oxygens (including phenoxy) is 1. The van der Waals surface area contributed by atoms with Gasteiger partial charge in [0.15, 0.2) is 17.1 Å². The summed E-state index contributed by atoms with van der Waals surface area (Å²) >= 11 is 4.69. The number of aromatic nitrogens is 2. The summed E-state index contributed by atoms with van der Waals surface area (Å²) in [6.07, 6.45) is 0.804. The van der Waals surface area contributed by atoms with Crippen LogP contribution in [-0.4, -0.2) is 44.0 Å². The Morgan fingerprint density at radius 1 is 1.62 bits per heavy atom. The largest absolute Gasteiger partial charge is 0.390 e. The van der Waals surface area contributed by atoms with Crippen LogP contribution in [-0.2, 0) is 4.74 Å². The van der Waals surface area contributed by atoms with Gasteiger partial charge in [-0.25, -0.2) is 8.78 Å². The van der Waals surface area contributed by atoms with Gasteiger partial charge in [0.05, 0.1) is 6.20 Å². The summed E-state index contributed by atoms with van der Waals surface area (Å²) in [4.78, 5) is 12.9. The van der Waals surface area contributed by atoms with Gasteiger partial charge in [0, 0.05) is 0 Å². The first-order chi connectivity index (χ1) is 9.69. The average molecular weight is 322 g/mol. The molecule has 1 saturated heterocycles. The van der Waals surface area contributed by atoms with Crippen LogP contribution in [0.4, 0.5) is 13.2 Å². The molecule has 2 rings (SSSR count). The molecule has 0 aliphatic carbocycles. The maximum absolute atomic E-state index is 14.6. The molecule has 1 aliphatic rings. The van der Waals surface area contributed by atoms with E-state index in [1.165, 1.54) is 5.92 Å². The number of nitrogens with zero attached hydrogens (tertiary/aromatic N) is 1. The number of aromatic amines is 1. The average Bonchev–Trinajstić information content (AvgIpc) is 2.66. The summed E-state index contributed by atoms with van der Waals surface area (Å²) in [5.74, 6) is -3.03. The van der Waals surface area contributed by atoms with Crippen molar-refractivity contribution in [2.24, 2.45) is 0 Å². The molecule has 0 spiro atoms. The van der Waals surface area contributed by atoms with E-state index < -0.39 is 46.6 Å². The number of halogens is 3. The third-order valence-electron chi connectivity index (χ3n) is 3.09. The Balaban J connectivity index is 2.64. The van der Waals surface area contributed by atoms with Crippen LogP contribution in [0.15, 0.2) is 11.0 Å². The van der Waals surface area contributed by atoms with E-state index in [0.717, 1.165) is 0 Å². The first-order valence-corrected chi connectivity index (χ1v) is 5.93. The number of hydrogen-bond acceptors (Lipinski definition) is 5. The van der Waals surface area contributed by atoms with Crippen molar-refractivity contribution in [3.63, 3.8) is 0 Å². The van der Waals surface area contributed by atoms with Gasteiger partial charge < -0.3 is 14.9 Å². The van der Waals surface area contributed by atoms with Gasteiger partial charge in [-0.05, 0) is 12.2 Å². The molecular weight excluding hydrogens is 313 g/mol. The minimum Gasteiger partial charge on any atom is -0.390 e. The summed E-state index contributed by atoms with van der Waals surface area (Å²) in [5, 5.41) is 18.5. The summed E-state index contributed by atoms with van der Waals surface area (Å²) in [5.41, 5.74) is -4.31. The number of rotatable bonds is 2. The van der Waals surface area contributed by atoms with Gasteiger partial charge in [0.2, 0.25) is 11.5 Å². The molecule has 1 fully saturated rings. The molecule has 3 N–H and O–H groups in total. The third-order valence-corrected chi connectivity index (χ3v) is 3.40. The topological polar surface area (TPSA) is 87.5 Å². The zero-order valence-corrected chi connectivity index (χ0v) is 11.0. The van der Waals surface area contributed by atoms with Gasteiger partial charge in [-0.2, -0.15) is 4.39 Å². The van der Waals surface area contributed by atoms with Crippen molar-refractivity contribution in [2.75, 3.05) is 6.61 Å². The molecule has 1 aromatic rings. The molecule has 1 aromatic heterocycles. The van der Waals surface area contributed by atoms with Crippen LogP contribution in [0.25, 0.3) is 0 Å². The molecule has 0 radical (unpaired) electrons. The van der Waals surface area contributed by atoms with Crippen LogP contribution in [0.3, 0.4) is 0 Å². The van der Waals surface area contributed by atoms with Crippen LogP contribution >= 0.6 is 12.2 Å². The second kappa shape index (κ2) is 4.96. The standard InChI is InChI=1S/C11H9F3N2O4S/c1-2-10(13)7(19)11(14,4-17)20-8(10)16-3-5(12)6(18)15-9(16)21/h1,3,7-8,17,19H,4H2,(H,15,18,21)/t7?,8-,10-,11-/m1/s1. The predicted molar refractivity (Wildman–Crippen MR) is 65.6 cm³/mol. The lowest BCUT2D eigenvalue weighted by Gasteiger charge is -2.24. The fourth-order valence-electron chi connectivity index (χ4n) is 1.95. The smallest absolute Gasteiger partial charge is 0.287 e. The van der Waals surface area contributed by atoms with Crippen molar-refractivity contribution in [3.05, 3.63) is 27.1 Å². The normalized spacial score (nSPS) is 35.6. The van der Waals surface area contributed by atoms with E-state index in [0.29, 0.717) is 10.8 Å². The number of terminal acetylenes is 1. The van der Waals surface area contributed by atoms with E-state index in [2.05, 4.69) is 4.74 Å². The summed E-state index contributed by atoms with van der Waals surface area (Å²) < 4.78 is 46.6. The maximum Gasteiger partial charge on any atom is 0.287 e. The monoisotopic (exact) mass is 322 g/mol. The summed E-state index contributed by atoms with van der Waals surface area (Å²) in [7, 11) is 0. The number of hydrogen-bond donors (Lipinski definition) is 3. The van der Waals surface area contributed by atoms with Gasteiger partial charge >= 0.3 is 0 Å². The molecule has 10 heteroatoms. The van der Waals surface area contributed by atoms with E-state index in [1.54, 1.807) is 0 Å². The third kappa shape index (κ3) is 2.18. The molecule has 0 amide bonds. The molecular formula is C11H9F3N2O4S. The van der Waals surface area contributed by atoms with Gasteiger partial charge in [-0.3, -0.25) is 14.3 Å². The SMILES string of the molecule is C#C[C@@]1(F)C(O)[C@@](F)(CO)O[C@H]1n1cc(F)c(=O)[nH]c1=S. The molecule has 21 heavy (non-hydrogen) atoms. The molecule has 1 unspecified atom stereocenters. The number of aliphatic hydroxyl groups is 2. The number of H-pyrrole nitrogens is 1. The van der Waals surface area contributed by atoms with E-state index in [9.17, 15) is 23.1 Å². The highest BCUT2D eigenvalue weighted by Crippen LogP contribution is 2.47. The predicted octanol–water partition coefficient (Wildman–Crippen LogP) is -0.0657. The number of alkyl halides is 2. The Morgan fingerprint density at radius 2 is 2.24 bits per heavy atom. The highest BCUT2D eigenvalue weighted by molar-refractivity contribution is 7.71. The first-order valence-electron chi connectivity index (χ1n) is 5.53. The lowest BCUT2D eigenvalue weighted by atomic mass is 9.96. The minimum absolute atomic E-state index is 0.466. The Morgan fingerprint density at radius 3 is 2.76 bits per heavy atom. The second-order valence-electron chi connectivity index (χ2n) is 4.37. The van der Waals surface area contributed by atoms with Gasteiger partial charge in [0.1, 0.15) is 6.61 Å². The van der Waals surface area contributed by atoms with Crippen LogP contribution in [0.1, 0.15) is 6.23 Å². The van der Waals surface area contributed by atoms with Crippen molar-refractivity contribution in [3.8, 4) is 12.3 Å². The van der Waals surface area contributed by atoms with Crippen LogP contribution < -0.4 is 5.56 Å². The van der Waals surface area contributed by atoms with Gasteiger partial charge in [0.25, 0.3) is 11.4 Å². The number of aliphatic hydroxyl groups excluding tert-OH is 2. The maximum atomic E-state index is 14.6. The van der Waals surface area contributed by atoms with Crippen molar-refractivity contribution in [1.29, 1.82) is 0 Å². The lowest BCUT2D eigenvalue weighted by Crippen LogP contribution is -2.47. The molecule has 114 valence electrons. The molecule has 4 atom stereocenters. The first kappa shape index (κ1) is 15.7. The summed E-state index contributed by atoms with van der Waals surface area (Å²) in [6, 6.07) is 0. The van der Waals surface area contributed by atoms with Crippen LogP contribution in [0.5, 0.6) is 0 Å². The van der Waals surface area contributed by atoms with Gasteiger partial charge in [-0.15, -0.1) is 6.42 Å². The van der Waals surface area contributed by atoms with E-state index in [-0.39, 0.29) is 0 Å². The quantitative estimate of drug-likeness (QED) is 0.524. The zero-order valence-electron chi connectivity index (χ0n) is 10.2. The van der Waals surface area contributed by atoms with Crippen molar-refractivity contribution < 1.29 is 28.1 Å². The van der Waals surface area contributed by atoms with Gasteiger partial charge in [-0.1, -0.05) is 5.92 Å². The van der Waals surface area contributed by atoms with Crippen LogP contribution in [0, 0.1) is 22.9 Å². The van der Waals surface area contributed by atoms with E-state index >= 15 is 0 Å². The molecule has 0 bridgehead atoms.